The molecule has 21 heavy (non-hydrogen) atoms. The molecule has 0 aliphatic heterocycles. The maximum atomic E-state index is 14.0. The highest BCUT2D eigenvalue weighted by Gasteiger charge is 2.21. The van der Waals surface area contributed by atoms with Crippen molar-refractivity contribution in [2.24, 2.45) is 0 Å². The number of carbonyl (C=O) groups excluding carboxylic acids is 1. The van der Waals surface area contributed by atoms with Crippen molar-refractivity contribution in [1.29, 1.82) is 0 Å². The van der Waals surface area contributed by atoms with Crippen LogP contribution >= 0.6 is 15.9 Å². The average Bonchev–Trinajstić information content (AvgIpc) is 2.49. The summed E-state index contributed by atoms with van der Waals surface area (Å²) in [6, 6.07) is 8.57. The normalized spacial score (nSPS) is 10.5. The Kier molecular flexibility index (Phi) is 5.07. The van der Waals surface area contributed by atoms with Gasteiger partial charge in [-0.3, -0.25) is 4.79 Å². The third kappa shape index (κ3) is 3.47. The fourth-order valence-corrected chi connectivity index (χ4v) is 2.16. The number of hydrogen-bond acceptors (Lipinski definition) is 2. The molecule has 0 aliphatic rings. The highest BCUT2D eigenvalue weighted by molar-refractivity contribution is 9.10. The molecule has 0 N–H and O–H groups in total. The van der Waals surface area contributed by atoms with Gasteiger partial charge in [-0.05, 0) is 46.6 Å². The van der Waals surface area contributed by atoms with Crippen molar-refractivity contribution < 1.29 is 18.3 Å². The van der Waals surface area contributed by atoms with Gasteiger partial charge < -0.3 is 4.74 Å². The SMILES string of the molecule is CCCOc1cccc(C(=O)c2c(F)ccc(Br)c2F)c1. The Morgan fingerprint density at radius 3 is 2.71 bits per heavy atom. The lowest BCUT2D eigenvalue weighted by Gasteiger charge is -2.08. The van der Waals surface area contributed by atoms with E-state index in [2.05, 4.69) is 15.9 Å². The smallest absolute Gasteiger partial charge is 0.199 e. The standard InChI is InChI=1S/C16H13BrF2O2/c1-2-8-21-11-5-3-4-10(9-11)16(20)14-13(18)7-6-12(17)15(14)19/h3-7,9H,2,8H2,1H3. The summed E-state index contributed by atoms with van der Waals surface area (Å²) >= 11 is 2.95. The van der Waals surface area contributed by atoms with Crippen LogP contribution in [0.3, 0.4) is 0 Å². The third-order valence-corrected chi connectivity index (χ3v) is 3.45. The summed E-state index contributed by atoms with van der Waals surface area (Å²) in [6.07, 6.45) is 0.826. The Hall–Kier alpha value is -1.75. The van der Waals surface area contributed by atoms with Crippen LogP contribution in [0.4, 0.5) is 8.78 Å². The summed E-state index contributed by atoms with van der Waals surface area (Å²) in [5, 5.41) is 0. The molecule has 2 nitrogen and oxygen atoms in total. The summed E-state index contributed by atoms with van der Waals surface area (Å²) in [5.74, 6) is -2.01. The predicted octanol–water partition coefficient (Wildman–Crippen LogP) is 4.75. The highest BCUT2D eigenvalue weighted by atomic mass is 79.9. The first-order chi connectivity index (χ1) is 10.0. The molecule has 110 valence electrons. The Morgan fingerprint density at radius 2 is 2.00 bits per heavy atom. The molecule has 2 aromatic rings. The molecule has 0 unspecified atom stereocenters. The van der Waals surface area contributed by atoms with Gasteiger partial charge in [0.15, 0.2) is 11.6 Å². The lowest BCUT2D eigenvalue weighted by molar-refractivity contribution is 0.103. The van der Waals surface area contributed by atoms with Gasteiger partial charge in [0.25, 0.3) is 0 Å². The number of rotatable bonds is 5. The minimum atomic E-state index is -0.903. The van der Waals surface area contributed by atoms with E-state index in [4.69, 9.17) is 4.74 Å². The largest absolute Gasteiger partial charge is 0.494 e. The molecule has 0 fully saturated rings. The Bertz CT molecular complexity index is 671. The summed E-state index contributed by atoms with van der Waals surface area (Å²) < 4.78 is 33.2. The number of halogens is 3. The van der Waals surface area contributed by atoms with E-state index in [9.17, 15) is 13.6 Å². The molecular weight excluding hydrogens is 342 g/mol. The van der Waals surface area contributed by atoms with Gasteiger partial charge in [-0.2, -0.15) is 0 Å². The minimum Gasteiger partial charge on any atom is -0.494 e. The molecule has 2 rings (SSSR count). The highest BCUT2D eigenvalue weighted by Crippen LogP contribution is 2.25. The number of benzene rings is 2. The van der Waals surface area contributed by atoms with E-state index in [0.717, 1.165) is 12.5 Å². The molecule has 0 aromatic heterocycles. The van der Waals surface area contributed by atoms with Crippen molar-refractivity contribution in [1.82, 2.24) is 0 Å². The lowest BCUT2D eigenvalue weighted by atomic mass is 10.0. The van der Waals surface area contributed by atoms with Gasteiger partial charge in [-0.15, -0.1) is 0 Å². The molecule has 0 aliphatic carbocycles. The number of ether oxygens (including phenoxy) is 1. The zero-order chi connectivity index (χ0) is 15.4. The quantitative estimate of drug-likeness (QED) is 0.572. The molecule has 0 heterocycles. The van der Waals surface area contributed by atoms with Crippen molar-refractivity contribution in [3.63, 3.8) is 0 Å². The average molecular weight is 355 g/mol. The first kappa shape index (κ1) is 15.6. The summed E-state index contributed by atoms with van der Waals surface area (Å²) in [5.41, 5.74) is -0.392. The minimum absolute atomic E-state index is 0.0469. The van der Waals surface area contributed by atoms with Gasteiger partial charge in [0.2, 0.25) is 0 Å². The van der Waals surface area contributed by atoms with Crippen LogP contribution in [-0.4, -0.2) is 12.4 Å². The van der Waals surface area contributed by atoms with Gasteiger partial charge in [0.1, 0.15) is 11.6 Å². The zero-order valence-electron chi connectivity index (χ0n) is 11.3. The number of carbonyl (C=O) groups is 1. The monoisotopic (exact) mass is 354 g/mol. The predicted molar refractivity (Wildman–Crippen MR) is 79.7 cm³/mol. The summed E-state index contributed by atoms with van der Waals surface area (Å²) in [6.45, 7) is 2.47. The lowest BCUT2D eigenvalue weighted by Crippen LogP contribution is -2.08. The molecule has 0 atom stereocenters. The molecule has 5 heteroatoms. The zero-order valence-corrected chi connectivity index (χ0v) is 12.9. The van der Waals surface area contributed by atoms with Crippen LogP contribution in [0.25, 0.3) is 0 Å². The Morgan fingerprint density at radius 1 is 1.24 bits per heavy atom. The first-order valence-corrected chi connectivity index (χ1v) is 7.25. The summed E-state index contributed by atoms with van der Waals surface area (Å²) in [7, 11) is 0. The molecule has 0 spiro atoms. The molecule has 0 saturated carbocycles. The third-order valence-electron chi connectivity index (χ3n) is 2.84. The van der Waals surface area contributed by atoms with Crippen LogP contribution in [0, 0.1) is 11.6 Å². The van der Waals surface area contributed by atoms with Crippen molar-refractivity contribution >= 4 is 21.7 Å². The van der Waals surface area contributed by atoms with E-state index in [1.165, 1.54) is 18.2 Å². The van der Waals surface area contributed by atoms with Gasteiger partial charge in [-0.25, -0.2) is 8.78 Å². The Labute approximate surface area is 129 Å². The van der Waals surface area contributed by atoms with E-state index >= 15 is 0 Å². The maximum absolute atomic E-state index is 14.0. The van der Waals surface area contributed by atoms with Crippen LogP contribution in [0.15, 0.2) is 40.9 Å². The van der Waals surface area contributed by atoms with Crippen molar-refractivity contribution in [3.8, 4) is 5.75 Å². The molecule has 0 amide bonds. The van der Waals surface area contributed by atoms with Crippen LogP contribution in [0.2, 0.25) is 0 Å². The molecule has 0 radical (unpaired) electrons. The van der Waals surface area contributed by atoms with Crippen LogP contribution in [0.1, 0.15) is 29.3 Å². The Balaban J connectivity index is 2.39. The number of ketones is 1. The van der Waals surface area contributed by atoms with Crippen molar-refractivity contribution in [2.45, 2.75) is 13.3 Å². The molecule has 0 saturated heterocycles. The number of hydrogen-bond donors (Lipinski definition) is 0. The molecule has 0 bridgehead atoms. The topological polar surface area (TPSA) is 26.3 Å². The van der Waals surface area contributed by atoms with Gasteiger partial charge in [-0.1, -0.05) is 19.1 Å². The van der Waals surface area contributed by atoms with Crippen LogP contribution in [-0.2, 0) is 0 Å². The van der Waals surface area contributed by atoms with Gasteiger partial charge >= 0.3 is 0 Å². The van der Waals surface area contributed by atoms with Crippen LogP contribution < -0.4 is 4.74 Å². The fraction of sp³-hybridized carbons (Fsp3) is 0.188. The summed E-state index contributed by atoms with van der Waals surface area (Å²) in [4.78, 5) is 12.3. The van der Waals surface area contributed by atoms with Crippen molar-refractivity contribution in [2.75, 3.05) is 6.61 Å². The van der Waals surface area contributed by atoms with E-state index in [1.807, 2.05) is 6.92 Å². The van der Waals surface area contributed by atoms with Gasteiger partial charge in [0, 0.05) is 5.56 Å². The van der Waals surface area contributed by atoms with Gasteiger partial charge in [0.05, 0.1) is 16.6 Å². The molecular formula is C16H13BrF2O2. The maximum Gasteiger partial charge on any atom is 0.199 e. The second-order valence-electron chi connectivity index (χ2n) is 4.42. The van der Waals surface area contributed by atoms with Crippen molar-refractivity contribution in [3.05, 3.63) is 63.6 Å². The van der Waals surface area contributed by atoms with E-state index in [0.29, 0.717) is 12.4 Å². The first-order valence-electron chi connectivity index (χ1n) is 6.45. The second kappa shape index (κ2) is 6.80. The van der Waals surface area contributed by atoms with Crippen LogP contribution in [0.5, 0.6) is 5.75 Å². The van der Waals surface area contributed by atoms with E-state index < -0.39 is 23.0 Å². The van der Waals surface area contributed by atoms with E-state index in [-0.39, 0.29) is 10.0 Å². The second-order valence-corrected chi connectivity index (χ2v) is 5.28. The molecule has 2 aromatic carbocycles. The van der Waals surface area contributed by atoms with E-state index in [1.54, 1.807) is 12.1 Å². The fourth-order valence-electron chi connectivity index (χ4n) is 1.83.